The van der Waals surface area contributed by atoms with E-state index in [0.717, 1.165) is 13.0 Å². The Kier molecular flexibility index (Phi) is 9.01. The van der Waals surface area contributed by atoms with Gasteiger partial charge >= 0.3 is 0 Å². The molecular weight excluding hydrogens is 329 g/mol. The second kappa shape index (κ2) is 10.8. The summed E-state index contributed by atoms with van der Waals surface area (Å²) in [6, 6.07) is 16.0. The molecule has 0 fully saturated rings. The van der Waals surface area contributed by atoms with E-state index in [1.54, 1.807) is 12.1 Å². The van der Waals surface area contributed by atoms with Crippen LogP contribution >= 0.6 is 12.4 Å². The van der Waals surface area contributed by atoms with Crippen LogP contribution in [0.2, 0.25) is 0 Å². The van der Waals surface area contributed by atoms with Crippen LogP contribution in [0.3, 0.4) is 0 Å². The number of carbonyl (C=O) groups is 1. The molecule has 2 rings (SSSR count). The molecule has 6 heteroatoms. The Bertz CT molecular complexity index is 625. The van der Waals surface area contributed by atoms with Crippen LogP contribution < -0.4 is 11.1 Å². The maximum absolute atomic E-state index is 13.1. The first-order valence-corrected chi connectivity index (χ1v) is 7.69. The molecule has 3 N–H and O–H groups in total. The summed E-state index contributed by atoms with van der Waals surface area (Å²) in [5, 5.41) is 2.71. The van der Waals surface area contributed by atoms with Gasteiger partial charge in [0.05, 0.1) is 6.54 Å². The number of anilines is 1. The van der Waals surface area contributed by atoms with Crippen molar-refractivity contribution in [1.29, 1.82) is 0 Å². The van der Waals surface area contributed by atoms with Crippen LogP contribution in [0.1, 0.15) is 5.56 Å². The Morgan fingerprint density at radius 1 is 1.08 bits per heavy atom. The fourth-order valence-corrected chi connectivity index (χ4v) is 2.35. The number of halogens is 2. The quantitative estimate of drug-likeness (QED) is 0.768. The van der Waals surface area contributed by atoms with Gasteiger partial charge in [-0.05, 0) is 30.2 Å². The van der Waals surface area contributed by atoms with Gasteiger partial charge in [-0.3, -0.25) is 9.69 Å². The van der Waals surface area contributed by atoms with Crippen molar-refractivity contribution in [2.24, 2.45) is 5.73 Å². The minimum Gasteiger partial charge on any atom is -0.329 e. The molecule has 0 saturated heterocycles. The fourth-order valence-electron chi connectivity index (χ4n) is 2.35. The van der Waals surface area contributed by atoms with Crippen molar-refractivity contribution in [3.63, 3.8) is 0 Å². The second-order valence-corrected chi connectivity index (χ2v) is 5.36. The molecule has 0 aliphatic rings. The second-order valence-electron chi connectivity index (χ2n) is 5.36. The van der Waals surface area contributed by atoms with E-state index >= 15 is 0 Å². The number of nitrogens with zero attached hydrogens (tertiary/aromatic N) is 1. The van der Waals surface area contributed by atoms with E-state index in [1.165, 1.54) is 17.7 Å². The van der Waals surface area contributed by atoms with Crippen molar-refractivity contribution >= 4 is 24.0 Å². The molecule has 130 valence electrons. The van der Waals surface area contributed by atoms with E-state index < -0.39 is 0 Å². The van der Waals surface area contributed by atoms with Crippen LogP contribution in [-0.2, 0) is 11.2 Å². The summed E-state index contributed by atoms with van der Waals surface area (Å²) in [7, 11) is 0. The number of nitrogens with one attached hydrogen (secondary N) is 1. The number of hydrogen-bond acceptors (Lipinski definition) is 3. The van der Waals surface area contributed by atoms with Gasteiger partial charge in [0.2, 0.25) is 5.91 Å². The SMILES string of the molecule is Cl.NCCN(CCc1ccccc1)CC(=O)Nc1cccc(F)c1. The van der Waals surface area contributed by atoms with E-state index in [1.807, 2.05) is 23.1 Å². The van der Waals surface area contributed by atoms with Crippen LogP contribution in [0.5, 0.6) is 0 Å². The summed E-state index contributed by atoms with van der Waals surface area (Å²) in [5.41, 5.74) is 7.31. The molecule has 4 nitrogen and oxygen atoms in total. The van der Waals surface area contributed by atoms with Gasteiger partial charge in [0.15, 0.2) is 0 Å². The first-order valence-electron chi connectivity index (χ1n) is 7.69. The first kappa shape index (κ1) is 20.1. The van der Waals surface area contributed by atoms with Gasteiger partial charge in [0.1, 0.15) is 5.82 Å². The van der Waals surface area contributed by atoms with Crippen molar-refractivity contribution in [2.75, 3.05) is 31.5 Å². The van der Waals surface area contributed by atoms with Gasteiger partial charge in [-0.15, -0.1) is 12.4 Å². The zero-order valence-corrected chi connectivity index (χ0v) is 14.3. The Balaban J connectivity index is 0.00000288. The molecule has 2 aromatic carbocycles. The maximum Gasteiger partial charge on any atom is 0.238 e. The molecule has 0 radical (unpaired) electrons. The minimum atomic E-state index is -0.370. The van der Waals surface area contributed by atoms with Gasteiger partial charge in [0, 0.05) is 25.3 Å². The third-order valence-electron chi connectivity index (χ3n) is 3.48. The fraction of sp³-hybridized carbons (Fsp3) is 0.278. The van der Waals surface area contributed by atoms with Gasteiger partial charge < -0.3 is 11.1 Å². The highest BCUT2D eigenvalue weighted by atomic mass is 35.5. The van der Waals surface area contributed by atoms with Crippen LogP contribution in [0, 0.1) is 5.82 Å². The molecule has 0 spiro atoms. The average molecular weight is 352 g/mol. The largest absolute Gasteiger partial charge is 0.329 e. The van der Waals surface area contributed by atoms with Crippen molar-refractivity contribution < 1.29 is 9.18 Å². The van der Waals surface area contributed by atoms with E-state index in [0.29, 0.717) is 18.8 Å². The lowest BCUT2D eigenvalue weighted by Gasteiger charge is -2.21. The molecule has 2 aromatic rings. The molecule has 0 atom stereocenters. The Morgan fingerprint density at radius 2 is 1.83 bits per heavy atom. The molecule has 0 unspecified atom stereocenters. The number of carbonyl (C=O) groups excluding carboxylic acids is 1. The third-order valence-corrected chi connectivity index (χ3v) is 3.48. The van der Waals surface area contributed by atoms with E-state index in [2.05, 4.69) is 17.4 Å². The monoisotopic (exact) mass is 351 g/mol. The van der Waals surface area contributed by atoms with Crippen molar-refractivity contribution in [1.82, 2.24) is 4.90 Å². The maximum atomic E-state index is 13.1. The number of benzene rings is 2. The lowest BCUT2D eigenvalue weighted by atomic mass is 10.1. The van der Waals surface area contributed by atoms with Gasteiger partial charge in [-0.25, -0.2) is 4.39 Å². The lowest BCUT2D eigenvalue weighted by molar-refractivity contribution is -0.117. The van der Waals surface area contributed by atoms with E-state index in [4.69, 9.17) is 5.73 Å². The molecule has 0 saturated carbocycles. The van der Waals surface area contributed by atoms with Crippen LogP contribution in [-0.4, -0.2) is 37.0 Å². The molecule has 0 aromatic heterocycles. The van der Waals surface area contributed by atoms with Gasteiger partial charge in [-0.1, -0.05) is 36.4 Å². The van der Waals surface area contributed by atoms with Crippen molar-refractivity contribution in [3.8, 4) is 0 Å². The minimum absolute atomic E-state index is 0. The van der Waals surface area contributed by atoms with Crippen LogP contribution in [0.25, 0.3) is 0 Å². The average Bonchev–Trinajstić information content (AvgIpc) is 2.54. The van der Waals surface area contributed by atoms with Crippen molar-refractivity contribution in [2.45, 2.75) is 6.42 Å². The van der Waals surface area contributed by atoms with Crippen molar-refractivity contribution in [3.05, 3.63) is 66.0 Å². The Hall–Kier alpha value is -1.95. The van der Waals surface area contributed by atoms with E-state index in [-0.39, 0.29) is 30.7 Å². The number of nitrogens with two attached hydrogens (primary N) is 1. The molecule has 24 heavy (non-hydrogen) atoms. The summed E-state index contributed by atoms with van der Waals surface area (Å²) in [5.74, 6) is -0.539. The standard InChI is InChI=1S/C18H22FN3O.ClH/c19-16-7-4-8-17(13-16)21-18(23)14-22(12-10-20)11-9-15-5-2-1-3-6-15;/h1-8,13H,9-12,14,20H2,(H,21,23);1H. The molecule has 1 amide bonds. The molecule has 0 bridgehead atoms. The van der Waals surface area contributed by atoms with E-state index in [9.17, 15) is 9.18 Å². The summed E-state index contributed by atoms with van der Waals surface area (Å²) >= 11 is 0. The zero-order valence-electron chi connectivity index (χ0n) is 13.5. The summed E-state index contributed by atoms with van der Waals surface area (Å²) < 4.78 is 13.1. The first-order chi connectivity index (χ1) is 11.2. The molecule has 0 heterocycles. The highest BCUT2D eigenvalue weighted by molar-refractivity contribution is 5.92. The van der Waals surface area contributed by atoms with Gasteiger partial charge in [0.25, 0.3) is 0 Å². The Labute approximate surface area is 148 Å². The van der Waals surface area contributed by atoms with Crippen LogP contribution in [0.4, 0.5) is 10.1 Å². The molecule has 0 aliphatic heterocycles. The number of rotatable bonds is 8. The number of amides is 1. The third kappa shape index (κ3) is 7.08. The zero-order chi connectivity index (χ0) is 16.5. The van der Waals surface area contributed by atoms with Gasteiger partial charge in [-0.2, -0.15) is 0 Å². The normalized spacial score (nSPS) is 10.3. The summed E-state index contributed by atoms with van der Waals surface area (Å²) in [4.78, 5) is 14.1. The summed E-state index contributed by atoms with van der Waals surface area (Å²) in [6.07, 6.45) is 0.855. The highest BCUT2D eigenvalue weighted by Crippen LogP contribution is 2.09. The molecule has 0 aliphatic carbocycles. The smallest absolute Gasteiger partial charge is 0.238 e. The summed E-state index contributed by atoms with van der Waals surface area (Å²) in [6.45, 7) is 2.11. The molecular formula is C18H23ClFN3O. The predicted molar refractivity (Wildman–Crippen MR) is 97.9 cm³/mol. The number of hydrogen-bond donors (Lipinski definition) is 2. The predicted octanol–water partition coefficient (Wildman–Crippen LogP) is 2.69. The highest BCUT2D eigenvalue weighted by Gasteiger charge is 2.10. The Morgan fingerprint density at radius 3 is 2.50 bits per heavy atom. The topological polar surface area (TPSA) is 58.4 Å². The van der Waals surface area contributed by atoms with Crippen LogP contribution in [0.15, 0.2) is 54.6 Å². The lowest BCUT2D eigenvalue weighted by Crippen LogP contribution is -2.38.